The molecule has 0 atom stereocenters. The van der Waals surface area contributed by atoms with Crippen LogP contribution < -0.4 is 10.6 Å². The van der Waals surface area contributed by atoms with Crippen molar-refractivity contribution in [2.45, 2.75) is 46.5 Å². The van der Waals surface area contributed by atoms with Gasteiger partial charge in [0.1, 0.15) is 5.82 Å². The highest BCUT2D eigenvalue weighted by Crippen LogP contribution is 2.33. The van der Waals surface area contributed by atoms with E-state index in [0.29, 0.717) is 12.2 Å². The molecular formula is C29H35FN4. The van der Waals surface area contributed by atoms with Crippen LogP contribution in [0.15, 0.2) is 79.5 Å². The first-order chi connectivity index (χ1) is 15.9. The van der Waals surface area contributed by atoms with E-state index in [1.807, 2.05) is 48.5 Å². The molecule has 0 spiro atoms. The van der Waals surface area contributed by atoms with E-state index >= 15 is 0 Å². The minimum absolute atomic E-state index is 0.0633. The van der Waals surface area contributed by atoms with E-state index in [4.69, 9.17) is 5.73 Å². The number of hydrogen-bond donors (Lipinski definition) is 1. The van der Waals surface area contributed by atoms with Gasteiger partial charge >= 0.3 is 0 Å². The van der Waals surface area contributed by atoms with Crippen molar-refractivity contribution in [1.82, 2.24) is 10.2 Å². The molecule has 0 aliphatic heterocycles. The van der Waals surface area contributed by atoms with Gasteiger partial charge in [-0.1, -0.05) is 78.1 Å². The van der Waals surface area contributed by atoms with Gasteiger partial charge in [0.05, 0.1) is 5.69 Å². The summed E-state index contributed by atoms with van der Waals surface area (Å²) >= 11 is 0. The normalized spacial score (nSPS) is 11.8. The number of anilines is 1. The summed E-state index contributed by atoms with van der Waals surface area (Å²) in [5, 5.41) is 9.09. The second kappa shape index (κ2) is 9.80. The standard InChI is InChI=1S/C29H35FN4/c1-20(18-28(3,4)5)34(19-29(6,7)24-11-13-25(30)14-12-24)27-16-15-26(32-33-27)23-10-8-9-22(17-23)21(2)31/h8-17H,1-2,18-19,31H2,3-7H3. The van der Waals surface area contributed by atoms with E-state index in [9.17, 15) is 4.39 Å². The minimum atomic E-state index is -0.273. The van der Waals surface area contributed by atoms with Crippen LogP contribution in [-0.4, -0.2) is 16.7 Å². The van der Waals surface area contributed by atoms with Crippen molar-refractivity contribution >= 4 is 11.5 Å². The molecule has 3 rings (SSSR count). The Morgan fingerprint density at radius 1 is 0.941 bits per heavy atom. The maximum absolute atomic E-state index is 13.5. The second-order valence-corrected chi connectivity index (χ2v) is 10.7. The quantitative estimate of drug-likeness (QED) is 0.397. The second-order valence-electron chi connectivity index (χ2n) is 10.7. The molecule has 0 aliphatic carbocycles. The fraction of sp³-hybridized carbons (Fsp3) is 0.310. The maximum atomic E-state index is 13.5. The molecule has 0 unspecified atom stereocenters. The molecule has 34 heavy (non-hydrogen) atoms. The van der Waals surface area contributed by atoms with Gasteiger partial charge in [-0.05, 0) is 53.3 Å². The molecule has 3 aromatic rings. The van der Waals surface area contributed by atoms with Crippen LogP contribution in [0.25, 0.3) is 17.0 Å². The molecule has 0 fully saturated rings. The molecule has 0 radical (unpaired) electrons. The summed E-state index contributed by atoms with van der Waals surface area (Å²) in [4.78, 5) is 2.13. The SMILES string of the molecule is C=C(N)c1cccc(-c2ccc(N(CC(C)(C)c3ccc(F)cc3)C(=C)CC(C)(C)C)nn2)c1. The van der Waals surface area contributed by atoms with E-state index < -0.39 is 0 Å². The fourth-order valence-corrected chi connectivity index (χ4v) is 3.95. The average Bonchev–Trinajstić information content (AvgIpc) is 2.77. The van der Waals surface area contributed by atoms with Gasteiger partial charge in [-0.2, -0.15) is 0 Å². The third kappa shape index (κ3) is 6.31. The number of hydrogen-bond acceptors (Lipinski definition) is 4. The van der Waals surface area contributed by atoms with Crippen LogP contribution in [0.2, 0.25) is 0 Å². The molecule has 1 aromatic heterocycles. The van der Waals surface area contributed by atoms with Crippen molar-refractivity contribution in [2.24, 2.45) is 11.1 Å². The van der Waals surface area contributed by atoms with E-state index in [1.165, 1.54) is 12.1 Å². The highest BCUT2D eigenvalue weighted by Gasteiger charge is 2.28. The predicted octanol–water partition coefficient (Wildman–Crippen LogP) is 6.95. The van der Waals surface area contributed by atoms with Crippen LogP contribution in [0, 0.1) is 11.2 Å². The summed E-state index contributed by atoms with van der Waals surface area (Å²) in [6.07, 6.45) is 0.802. The van der Waals surface area contributed by atoms with Crippen molar-refractivity contribution in [3.63, 3.8) is 0 Å². The van der Waals surface area contributed by atoms with Gasteiger partial charge in [0.25, 0.3) is 0 Å². The number of nitrogens with zero attached hydrogens (tertiary/aromatic N) is 3. The summed E-state index contributed by atoms with van der Waals surface area (Å²) < 4.78 is 13.5. The Bertz CT molecular complexity index is 1160. The van der Waals surface area contributed by atoms with Crippen LogP contribution in [0.1, 0.15) is 52.2 Å². The van der Waals surface area contributed by atoms with E-state index in [2.05, 4.69) is 62.9 Å². The predicted molar refractivity (Wildman–Crippen MR) is 141 cm³/mol. The topological polar surface area (TPSA) is 55.0 Å². The van der Waals surface area contributed by atoms with Crippen molar-refractivity contribution < 1.29 is 4.39 Å². The molecule has 0 bridgehead atoms. The first-order valence-electron chi connectivity index (χ1n) is 11.5. The van der Waals surface area contributed by atoms with Crippen molar-refractivity contribution in [3.8, 4) is 11.3 Å². The van der Waals surface area contributed by atoms with Gasteiger partial charge in [-0.15, -0.1) is 10.2 Å². The van der Waals surface area contributed by atoms with Gasteiger partial charge in [0.15, 0.2) is 5.82 Å². The van der Waals surface area contributed by atoms with Gasteiger partial charge in [0, 0.05) is 28.9 Å². The van der Waals surface area contributed by atoms with E-state index in [-0.39, 0.29) is 16.6 Å². The average molecular weight is 459 g/mol. The minimum Gasteiger partial charge on any atom is -0.399 e. The highest BCUT2D eigenvalue weighted by molar-refractivity contribution is 5.68. The summed E-state index contributed by atoms with van der Waals surface area (Å²) in [6, 6.07) is 18.4. The molecule has 0 saturated heterocycles. The lowest BCUT2D eigenvalue weighted by molar-refractivity contribution is 0.399. The highest BCUT2D eigenvalue weighted by atomic mass is 19.1. The van der Waals surface area contributed by atoms with Gasteiger partial charge in [-0.25, -0.2) is 4.39 Å². The first-order valence-corrected chi connectivity index (χ1v) is 11.5. The molecule has 4 nitrogen and oxygen atoms in total. The van der Waals surface area contributed by atoms with Gasteiger partial charge in [0.2, 0.25) is 0 Å². The zero-order valence-electron chi connectivity index (χ0n) is 20.9. The fourth-order valence-electron chi connectivity index (χ4n) is 3.95. The molecule has 0 amide bonds. The molecule has 2 aromatic carbocycles. The summed E-state index contributed by atoms with van der Waals surface area (Å²) in [5.41, 5.74) is 10.7. The Morgan fingerprint density at radius 2 is 1.62 bits per heavy atom. The number of halogens is 1. The summed E-state index contributed by atoms with van der Waals surface area (Å²) in [7, 11) is 0. The molecule has 2 N–H and O–H groups in total. The molecule has 5 heteroatoms. The number of allylic oxidation sites excluding steroid dienone is 1. The van der Waals surface area contributed by atoms with Crippen LogP contribution in [-0.2, 0) is 5.41 Å². The summed E-state index contributed by atoms with van der Waals surface area (Å²) in [5.74, 6) is 0.491. The molecule has 1 heterocycles. The Balaban J connectivity index is 1.94. The van der Waals surface area contributed by atoms with Crippen LogP contribution in [0.3, 0.4) is 0 Å². The Morgan fingerprint density at radius 3 is 2.18 bits per heavy atom. The van der Waals surface area contributed by atoms with Crippen LogP contribution in [0.5, 0.6) is 0 Å². The Kier molecular flexibility index (Phi) is 7.25. The molecule has 0 saturated carbocycles. The summed E-state index contributed by atoms with van der Waals surface area (Å²) in [6.45, 7) is 19.7. The van der Waals surface area contributed by atoms with Crippen molar-refractivity contribution in [3.05, 3.63) is 96.5 Å². The van der Waals surface area contributed by atoms with Crippen molar-refractivity contribution in [2.75, 3.05) is 11.4 Å². The molecular weight excluding hydrogens is 423 g/mol. The first kappa shape index (κ1) is 25.2. The third-order valence-corrected chi connectivity index (χ3v) is 5.75. The number of aromatic nitrogens is 2. The number of nitrogens with two attached hydrogens (primary N) is 1. The smallest absolute Gasteiger partial charge is 0.155 e. The number of benzene rings is 2. The monoisotopic (exact) mass is 458 g/mol. The lowest BCUT2D eigenvalue weighted by Crippen LogP contribution is -2.38. The Hall–Kier alpha value is -3.47. The van der Waals surface area contributed by atoms with E-state index in [0.717, 1.165) is 40.3 Å². The van der Waals surface area contributed by atoms with Crippen molar-refractivity contribution in [1.29, 1.82) is 0 Å². The lowest BCUT2D eigenvalue weighted by Gasteiger charge is -2.36. The zero-order chi connectivity index (χ0) is 25.1. The van der Waals surface area contributed by atoms with E-state index in [1.54, 1.807) is 0 Å². The maximum Gasteiger partial charge on any atom is 0.155 e. The molecule has 178 valence electrons. The zero-order valence-corrected chi connectivity index (χ0v) is 20.9. The van der Waals surface area contributed by atoms with Crippen LogP contribution >= 0.6 is 0 Å². The van der Waals surface area contributed by atoms with Crippen LogP contribution in [0.4, 0.5) is 10.2 Å². The van der Waals surface area contributed by atoms with Gasteiger partial charge in [-0.3, -0.25) is 0 Å². The Labute approximate surface area is 203 Å². The molecule has 0 aliphatic rings. The lowest BCUT2D eigenvalue weighted by atomic mass is 9.83. The number of rotatable bonds is 8. The third-order valence-electron chi connectivity index (χ3n) is 5.75. The van der Waals surface area contributed by atoms with Gasteiger partial charge < -0.3 is 10.6 Å². The largest absolute Gasteiger partial charge is 0.399 e.